The van der Waals surface area contributed by atoms with Crippen LogP contribution in [0.5, 0.6) is 0 Å². The van der Waals surface area contributed by atoms with Gasteiger partial charge in [-0.1, -0.05) is 29.8 Å². The summed E-state index contributed by atoms with van der Waals surface area (Å²) >= 11 is 0. The zero-order valence-electron chi connectivity index (χ0n) is 12.5. The molecule has 1 aromatic rings. The van der Waals surface area contributed by atoms with Crippen LogP contribution in [0.1, 0.15) is 18.1 Å². The highest BCUT2D eigenvalue weighted by Crippen LogP contribution is 2.41. The van der Waals surface area contributed by atoms with E-state index in [1.807, 2.05) is 36.1 Å². The largest absolute Gasteiger partial charge is 0.503 e. The van der Waals surface area contributed by atoms with Crippen LogP contribution in [0.2, 0.25) is 0 Å². The average molecular weight is 302 g/mol. The highest BCUT2D eigenvalue weighted by molar-refractivity contribution is 5.98. The molecule has 0 amide bonds. The number of nitro groups is 1. The van der Waals surface area contributed by atoms with E-state index in [1.165, 1.54) is 5.56 Å². The van der Waals surface area contributed by atoms with E-state index < -0.39 is 16.3 Å². The van der Waals surface area contributed by atoms with Gasteiger partial charge >= 0.3 is 5.70 Å². The number of hydrogen-bond donors (Lipinski definition) is 2. The molecule has 3 rings (SSSR count). The third-order valence-corrected chi connectivity index (χ3v) is 4.58. The summed E-state index contributed by atoms with van der Waals surface area (Å²) in [5.41, 5.74) is 0.738. The summed E-state index contributed by atoms with van der Waals surface area (Å²) in [6.45, 7) is 5.44. The Morgan fingerprint density at radius 2 is 2.00 bits per heavy atom. The zero-order chi connectivity index (χ0) is 16.1. The van der Waals surface area contributed by atoms with E-state index in [-0.39, 0.29) is 11.6 Å². The fourth-order valence-electron chi connectivity index (χ4n) is 3.22. The molecule has 1 saturated heterocycles. The minimum absolute atomic E-state index is 0.212. The van der Waals surface area contributed by atoms with Crippen LogP contribution >= 0.6 is 0 Å². The topological polar surface area (TPSA) is 93.7 Å². The summed E-state index contributed by atoms with van der Waals surface area (Å²) in [4.78, 5) is 14.0. The normalized spacial score (nSPS) is 25.0. The molecule has 0 saturated carbocycles. The molecule has 2 aliphatic rings. The van der Waals surface area contributed by atoms with Gasteiger partial charge in [-0.15, -0.1) is 0 Å². The predicted octanol–water partition coefficient (Wildman–Crippen LogP) is 1.87. The number of fused-ring (bicyclic) bond motifs is 1. The van der Waals surface area contributed by atoms with Crippen molar-refractivity contribution < 1.29 is 10.0 Å². The van der Waals surface area contributed by atoms with Gasteiger partial charge in [0.15, 0.2) is 5.66 Å². The van der Waals surface area contributed by atoms with Crippen molar-refractivity contribution in [2.45, 2.75) is 26.1 Å². The zero-order valence-corrected chi connectivity index (χ0v) is 12.5. The van der Waals surface area contributed by atoms with Crippen LogP contribution < -0.4 is 0 Å². The highest BCUT2D eigenvalue weighted by atomic mass is 16.6. The van der Waals surface area contributed by atoms with Crippen LogP contribution in [0, 0.1) is 22.4 Å². The van der Waals surface area contributed by atoms with Gasteiger partial charge in [0, 0.05) is 19.6 Å². The van der Waals surface area contributed by atoms with E-state index in [1.54, 1.807) is 11.8 Å². The molecule has 0 spiro atoms. The Morgan fingerprint density at radius 3 is 2.59 bits per heavy atom. The molecule has 7 nitrogen and oxygen atoms in total. The standard InChI is InChI=1S/C15H18N4O3/c1-10-3-5-11(6-4-10)9-17-7-8-18-14(16)12(19(21)22)13(20)15(17,18)2/h3-6,16,20H,7-9H2,1-2H3. The van der Waals surface area contributed by atoms with Gasteiger partial charge in [-0.25, -0.2) is 0 Å². The van der Waals surface area contributed by atoms with Crippen molar-refractivity contribution in [2.75, 3.05) is 13.1 Å². The second kappa shape index (κ2) is 4.81. The SMILES string of the molecule is Cc1ccc(CN2CCN3C(=N)C([N+](=O)[O-])=C(O)C23C)cc1. The van der Waals surface area contributed by atoms with Crippen LogP contribution in [-0.2, 0) is 6.54 Å². The van der Waals surface area contributed by atoms with E-state index in [0.29, 0.717) is 19.6 Å². The maximum atomic E-state index is 11.1. The number of aryl methyl sites for hydroxylation is 1. The van der Waals surface area contributed by atoms with E-state index >= 15 is 0 Å². The molecule has 116 valence electrons. The Hall–Kier alpha value is -2.41. The summed E-state index contributed by atoms with van der Waals surface area (Å²) in [5, 5.41) is 29.4. The Bertz CT molecular complexity index is 683. The molecule has 1 aromatic carbocycles. The van der Waals surface area contributed by atoms with Gasteiger partial charge in [-0.2, -0.15) is 0 Å². The Labute approximate surface area is 128 Å². The molecule has 2 heterocycles. The van der Waals surface area contributed by atoms with E-state index in [2.05, 4.69) is 0 Å². The van der Waals surface area contributed by atoms with Crippen molar-refractivity contribution >= 4 is 5.84 Å². The summed E-state index contributed by atoms with van der Waals surface area (Å²) in [6.07, 6.45) is 0. The van der Waals surface area contributed by atoms with Gasteiger partial charge in [-0.3, -0.25) is 20.4 Å². The van der Waals surface area contributed by atoms with Crippen LogP contribution in [-0.4, -0.2) is 44.4 Å². The molecule has 0 aromatic heterocycles. The van der Waals surface area contributed by atoms with Gasteiger partial charge in [0.05, 0.1) is 4.92 Å². The fraction of sp³-hybridized carbons (Fsp3) is 0.400. The van der Waals surface area contributed by atoms with Crippen molar-refractivity contribution in [1.82, 2.24) is 9.80 Å². The van der Waals surface area contributed by atoms with E-state index in [0.717, 1.165) is 5.56 Å². The minimum Gasteiger partial charge on any atom is -0.503 e. The van der Waals surface area contributed by atoms with Gasteiger partial charge in [0.25, 0.3) is 0 Å². The Kier molecular flexibility index (Phi) is 3.17. The minimum atomic E-state index is -1.01. The van der Waals surface area contributed by atoms with Gasteiger partial charge < -0.3 is 10.0 Å². The maximum absolute atomic E-state index is 11.1. The smallest absolute Gasteiger partial charge is 0.351 e. The van der Waals surface area contributed by atoms with Gasteiger partial charge in [0.2, 0.25) is 11.6 Å². The summed E-state index contributed by atoms with van der Waals surface area (Å²) in [5.74, 6) is -0.552. The van der Waals surface area contributed by atoms with E-state index in [9.17, 15) is 15.2 Å². The van der Waals surface area contributed by atoms with Crippen molar-refractivity contribution in [1.29, 1.82) is 5.41 Å². The number of rotatable bonds is 3. The molecule has 2 N–H and O–H groups in total. The lowest BCUT2D eigenvalue weighted by Gasteiger charge is -2.35. The number of nitrogens with zero attached hydrogens (tertiary/aromatic N) is 3. The van der Waals surface area contributed by atoms with Crippen molar-refractivity contribution in [3.05, 3.63) is 57.0 Å². The molecule has 0 bridgehead atoms. The van der Waals surface area contributed by atoms with Gasteiger partial charge in [0.1, 0.15) is 0 Å². The van der Waals surface area contributed by atoms with Crippen LogP contribution in [0.15, 0.2) is 35.7 Å². The van der Waals surface area contributed by atoms with Crippen LogP contribution in [0.25, 0.3) is 0 Å². The lowest BCUT2D eigenvalue weighted by atomic mass is 10.1. The number of aliphatic hydroxyl groups is 1. The molecule has 22 heavy (non-hydrogen) atoms. The molecule has 1 fully saturated rings. The van der Waals surface area contributed by atoms with Crippen LogP contribution in [0.4, 0.5) is 0 Å². The average Bonchev–Trinajstić information content (AvgIpc) is 2.88. The lowest BCUT2D eigenvalue weighted by Crippen LogP contribution is -2.50. The lowest BCUT2D eigenvalue weighted by molar-refractivity contribution is -0.418. The number of hydrogen-bond acceptors (Lipinski definition) is 5. The molecular formula is C15H18N4O3. The van der Waals surface area contributed by atoms with Crippen LogP contribution in [0.3, 0.4) is 0 Å². The second-order valence-corrected chi connectivity index (χ2v) is 5.88. The number of aliphatic hydroxyl groups excluding tert-OH is 1. The first kappa shape index (κ1) is 14.5. The fourth-order valence-corrected chi connectivity index (χ4v) is 3.22. The Balaban J connectivity index is 1.94. The number of nitrogens with one attached hydrogen (secondary N) is 1. The molecular weight excluding hydrogens is 284 g/mol. The summed E-state index contributed by atoms with van der Waals surface area (Å²) in [6, 6.07) is 8.05. The monoisotopic (exact) mass is 302 g/mol. The third kappa shape index (κ3) is 1.89. The highest BCUT2D eigenvalue weighted by Gasteiger charge is 2.58. The van der Waals surface area contributed by atoms with Gasteiger partial charge in [-0.05, 0) is 19.4 Å². The van der Waals surface area contributed by atoms with E-state index in [4.69, 9.17) is 5.41 Å². The van der Waals surface area contributed by atoms with Crippen molar-refractivity contribution in [3.63, 3.8) is 0 Å². The molecule has 1 unspecified atom stereocenters. The molecule has 7 heteroatoms. The quantitative estimate of drug-likeness (QED) is 0.656. The first-order valence-electron chi connectivity index (χ1n) is 7.11. The van der Waals surface area contributed by atoms with Crippen molar-refractivity contribution in [3.8, 4) is 0 Å². The number of benzene rings is 1. The summed E-state index contributed by atoms with van der Waals surface area (Å²) < 4.78 is 0. The molecule has 0 radical (unpaired) electrons. The predicted molar refractivity (Wildman–Crippen MR) is 81.1 cm³/mol. The molecule has 0 aliphatic carbocycles. The molecule has 1 atom stereocenters. The first-order valence-corrected chi connectivity index (χ1v) is 7.11. The summed E-state index contributed by atoms with van der Waals surface area (Å²) in [7, 11) is 0. The third-order valence-electron chi connectivity index (χ3n) is 4.58. The second-order valence-electron chi connectivity index (χ2n) is 5.88. The first-order chi connectivity index (χ1) is 10.4. The number of amidine groups is 1. The Morgan fingerprint density at radius 1 is 1.36 bits per heavy atom. The molecule has 2 aliphatic heterocycles. The van der Waals surface area contributed by atoms with Crippen molar-refractivity contribution in [2.24, 2.45) is 0 Å². The maximum Gasteiger partial charge on any atom is 0.351 e.